The summed E-state index contributed by atoms with van der Waals surface area (Å²) in [7, 11) is 1.69. The summed E-state index contributed by atoms with van der Waals surface area (Å²) in [6.07, 6.45) is 3.55. The number of hydrogen-bond donors (Lipinski definition) is 1. The van der Waals surface area contributed by atoms with Gasteiger partial charge in [0.05, 0.1) is 13.7 Å². The molecule has 0 saturated heterocycles. The Morgan fingerprint density at radius 1 is 0.913 bits per heavy atom. The monoisotopic (exact) mass is 313 g/mol. The summed E-state index contributed by atoms with van der Waals surface area (Å²) in [6, 6.07) is 16.4. The highest BCUT2D eigenvalue weighted by Gasteiger charge is 2.03. The summed E-state index contributed by atoms with van der Waals surface area (Å²) < 4.78 is 11.1. The van der Waals surface area contributed by atoms with Crippen molar-refractivity contribution in [2.45, 2.75) is 39.3 Å². The van der Waals surface area contributed by atoms with Crippen LogP contribution in [0.1, 0.15) is 37.3 Å². The molecule has 2 rings (SSSR count). The van der Waals surface area contributed by atoms with Crippen LogP contribution in [0.15, 0.2) is 48.5 Å². The van der Waals surface area contributed by atoms with Crippen LogP contribution >= 0.6 is 0 Å². The molecule has 0 saturated carbocycles. The van der Waals surface area contributed by atoms with Crippen LogP contribution in [0.3, 0.4) is 0 Å². The number of methoxy groups -OCH3 is 1. The first-order valence-electron chi connectivity index (χ1n) is 8.38. The summed E-state index contributed by atoms with van der Waals surface area (Å²) in [6.45, 7) is 4.63. The third kappa shape index (κ3) is 5.95. The normalized spacial score (nSPS) is 10.5. The first kappa shape index (κ1) is 17.4. The topological polar surface area (TPSA) is 30.5 Å². The number of unbranched alkanes of at least 4 members (excludes halogenated alkanes) is 2. The molecule has 2 aromatic rings. The number of rotatable bonds is 10. The van der Waals surface area contributed by atoms with Gasteiger partial charge >= 0.3 is 0 Å². The van der Waals surface area contributed by atoms with Crippen molar-refractivity contribution in [2.24, 2.45) is 0 Å². The molecule has 0 aromatic heterocycles. The highest BCUT2D eigenvalue weighted by Crippen LogP contribution is 2.18. The zero-order valence-electron chi connectivity index (χ0n) is 14.2. The van der Waals surface area contributed by atoms with Crippen molar-refractivity contribution in [1.82, 2.24) is 5.32 Å². The van der Waals surface area contributed by atoms with Crippen LogP contribution in [-0.4, -0.2) is 13.7 Å². The Kier molecular flexibility index (Phi) is 7.47. The average Bonchev–Trinajstić information content (AvgIpc) is 2.60. The molecular formula is C20H27NO2. The molecule has 1 N–H and O–H groups in total. The SMILES string of the molecule is CCCCCOc1ccccc1CNCc1ccc(OC)cc1. The molecule has 124 valence electrons. The lowest BCUT2D eigenvalue weighted by atomic mass is 10.2. The van der Waals surface area contributed by atoms with E-state index in [0.717, 1.165) is 37.6 Å². The summed E-state index contributed by atoms with van der Waals surface area (Å²) >= 11 is 0. The Bertz CT molecular complexity index is 566. The lowest BCUT2D eigenvalue weighted by Crippen LogP contribution is -2.13. The number of benzene rings is 2. The first-order chi connectivity index (χ1) is 11.3. The number of ether oxygens (including phenoxy) is 2. The van der Waals surface area contributed by atoms with Gasteiger partial charge in [0.2, 0.25) is 0 Å². The second-order valence-electron chi connectivity index (χ2n) is 5.61. The Morgan fingerprint density at radius 3 is 2.43 bits per heavy atom. The van der Waals surface area contributed by atoms with Gasteiger partial charge < -0.3 is 14.8 Å². The zero-order valence-corrected chi connectivity index (χ0v) is 14.2. The van der Waals surface area contributed by atoms with Gasteiger partial charge in [-0.2, -0.15) is 0 Å². The van der Waals surface area contributed by atoms with Gasteiger partial charge in [-0.1, -0.05) is 50.1 Å². The highest BCUT2D eigenvalue weighted by atomic mass is 16.5. The van der Waals surface area contributed by atoms with Crippen LogP contribution in [-0.2, 0) is 13.1 Å². The van der Waals surface area contributed by atoms with E-state index in [9.17, 15) is 0 Å². The van der Waals surface area contributed by atoms with Crippen molar-refractivity contribution in [2.75, 3.05) is 13.7 Å². The van der Waals surface area contributed by atoms with E-state index >= 15 is 0 Å². The number of hydrogen-bond acceptors (Lipinski definition) is 3. The minimum absolute atomic E-state index is 0.795. The van der Waals surface area contributed by atoms with Gasteiger partial charge in [0.15, 0.2) is 0 Å². The summed E-state index contributed by atoms with van der Waals surface area (Å²) in [5, 5.41) is 3.48. The maximum Gasteiger partial charge on any atom is 0.123 e. The maximum atomic E-state index is 5.92. The van der Waals surface area contributed by atoms with Crippen molar-refractivity contribution in [3.05, 3.63) is 59.7 Å². The molecule has 0 aliphatic rings. The van der Waals surface area contributed by atoms with E-state index in [2.05, 4.69) is 42.6 Å². The molecule has 0 heterocycles. The second-order valence-corrected chi connectivity index (χ2v) is 5.61. The molecule has 0 bridgehead atoms. The molecule has 3 nitrogen and oxygen atoms in total. The molecule has 3 heteroatoms. The molecule has 0 radical (unpaired) electrons. The number of nitrogens with one attached hydrogen (secondary N) is 1. The Morgan fingerprint density at radius 2 is 1.70 bits per heavy atom. The molecule has 23 heavy (non-hydrogen) atoms. The fourth-order valence-electron chi connectivity index (χ4n) is 2.41. The average molecular weight is 313 g/mol. The van der Waals surface area contributed by atoms with E-state index in [1.54, 1.807) is 7.11 Å². The molecule has 0 aliphatic heterocycles. The standard InChI is InChI=1S/C20H27NO2/c1-3-4-7-14-23-20-9-6-5-8-18(20)16-21-15-17-10-12-19(22-2)13-11-17/h5-6,8-13,21H,3-4,7,14-16H2,1-2H3. The fraction of sp³-hybridized carbons (Fsp3) is 0.400. The largest absolute Gasteiger partial charge is 0.497 e. The van der Waals surface area contributed by atoms with Crippen molar-refractivity contribution in [3.8, 4) is 11.5 Å². The van der Waals surface area contributed by atoms with Gasteiger partial charge in [0.25, 0.3) is 0 Å². The van der Waals surface area contributed by atoms with E-state index in [1.807, 2.05) is 18.2 Å². The lowest BCUT2D eigenvalue weighted by molar-refractivity contribution is 0.302. The first-order valence-corrected chi connectivity index (χ1v) is 8.38. The van der Waals surface area contributed by atoms with E-state index < -0.39 is 0 Å². The van der Waals surface area contributed by atoms with E-state index in [1.165, 1.54) is 24.0 Å². The van der Waals surface area contributed by atoms with E-state index in [4.69, 9.17) is 9.47 Å². The Balaban J connectivity index is 1.82. The number of para-hydroxylation sites is 1. The second kappa shape index (κ2) is 9.90. The molecule has 0 amide bonds. The quantitative estimate of drug-likeness (QED) is 0.653. The Hall–Kier alpha value is -2.00. The maximum absolute atomic E-state index is 5.92. The summed E-state index contributed by atoms with van der Waals surface area (Å²) in [4.78, 5) is 0. The van der Waals surface area contributed by atoms with Crippen LogP contribution in [0.2, 0.25) is 0 Å². The fourth-order valence-corrected chi connectivity index (χ4v) is 2.41. The minimum atomic E-state index is 0.795. The third-order valence-electron chi connectivity index (χ3n) is 3.78. The molecule has 2 aromatic carbocycles. The summed E-state index contributed by atoms with van der Waals surface area (Å²) in [5.74, 6) is 1.88. The van der Waals surface area contributed by atoms with Gasteiger partial charge in [0, 0.05) is 18.7 Å². The molecule has 0 fully saturated rings. The van der Waals surface area contributed by atoms with Gasteiger partial charge in [-0.25, -0.2) is 0 Å². The van der Waals surface area contributed by atoms with Crippen molar-refractivity contribution in [3.63, 3.8) is 0 Å². The molecule has 0 aliphatic carbocycles. The predicted molar refractivity (Wildman–Crippen MR) is 95.0 cm³/mol. The lowest BCUT2D eigenvalue weighted by Gasteiger charge is -2.12. The van der Waals surface area contributed by atoms with Gasteiger partial charge in [-0.05, 0) is 30.2 Å². The van der Waals surface area contributed by atoms with Crippen LogP contribution in [0.5, 0.6) is 11.5 Å². The minimum Gasteiger partial charge on any atom is -0.497 e. The zero-order chi connectivity index (χ0) is 16.3. The van der Waals surface area contributed by atoms with Crippen molar-refractivity contribution < 1.29 is 9.47 Å². The van der Waals surface area contributed by atoms with Crippen LogP contribution in [0, 0.1) is 0 Å². The van der Waals surface area contributed by atoms with Gasteiger partial charge in [0.1, 0.15) is 11.5 Å². The molecule has 0 unspecified atom stereocenters. The van der Waals surface area contributed by atoms with E-state index in [0.29, 0.717) is 0 Å². The van der Waals surface area contributed by atoms with E-state index in [-0.39, 0.29) is 0 Å². The van der Waals surface area contributed by atoms with Crippen molar-refractivity contribution >= 4 is 0 Å². The third-order valence-corrected chi connectivity index (χ3v) is 3.78. The summed E-state index contributed by atoms with van der Waals surface area (Å²) in [5.41, 5.74) is 2.45. The Labute approximate surface area is 139 Å². The van der Waals surface area contributed by atoms with Crippen LogP contribution in [0.4, 0.5) is 0 Å². The predicted octanol–water partition coefficient (Wildman–Crippen LogP) is 4.55. The molecular weight excluding hydrogens is 286 g/mol. The molecule has 0 spiro atoms. The smallest absolute Gasteiger partial charge is 0.123 e. The van der Waals surface area contributed by atoms with Crippen LogP contribution < -0.4 is 14.8 Å². The van der Waals surface area contributed by atoms with Crippen molar-refractivity contribution in [1.29, 1.82) is 0 Å². The highest BCUT2D eigenvalue weighted by molar-refractivity contribution is 5.33. The van der Waals surface area contributed by atoms with Crippen LogP contribution in [0.25, 0.3) is 0 Å². The van der Waals surface area contributed by atoms with Gasteiger partial charge in [-0.3, -0.25) is 0 Å². The molecule has 0 atom stereocenters. The van der Waals surface area contributed by atoms with Gasteiger partial charge in [-0.15, -0.1) is 0 Å².